The van der Waals surface area contributed by atoms with E-state index < -0.39 is 23.9 Å². The lowest BCUT2D eigenvalue weighted by atomic mass is 9.91. The fraction of sp³-hybridized carbons (Fsp3) is 0.714. The summed E-state index contributed by atoms with van der Waals surface area (Å²) in [7, 11) is 0. The number of hydrogen-bond donors (Lipinski definition) is 3. The fourth-order valence-corrected chi connectivity index (χ4v) is 1.41. The molecule has 0 saturated carbocycles. The predicted octanol–water partition coefficient (Wildman–Crippen LogP) is -0.0544. The van der Waals surface area contributed by atoms with Gasteiger partial charge in [0.25, 0.3) is 0 Å². The molecule has 13 heavy (non-hydrogen) atoms. The van der Waals surface area contributed by atoms with Crippen LogP contribution in [0.5, 0.6) is 0 Å². The van der Waals surface area contributed by atoms with Crippen LogP contribution >= 0.6 is 12.4 Å². The average molecular weight is 210 g/mol. The van der Waals surface area contributed by atoms with Crippen molar-refractivity contribution >= 4 is 24.3 Å². The number of carbonyl (C=O) groups is 2. The molecule has 0 spiro atoms. The van der Waals surface area contributed by atoms with Crippen LogP contribution < -0.4 is 5.32 Å². The van der Waals surface area contributed by atoms with Gasteiger partial charge in [0, 0.05) is 0 Å². The van der Waals surface area contributed by atoms with Crippen molar-refractivity contribution in [1.82, 2.24) is 5.32 Å². The molecule has 0 aromatic carbocycles. The first-order chi connectivity index (χ1) is 5.63. The standard InChI is InChI=1S/C7H11NO4.ClH/c9-6(10)4-2-1-3-8-5(4)7(11)12;/h4-5,8H,1-3H2,(H,9,10)(H,11,12);1H. The normalized spacial score (nSPS) is 27.4. The number of nitrogens with one attached hydrogen (secondary N) is 1. The zero-order chi connectivity index (χ0) is 9.14. The van der Waals surface area contributed by atoms with Gasteiger partial charge in [-0.1, -0.05) is 0 Å². The number of carboxylic acid groups (broad SMARTS) is 2. The summed E-state index contributed by atoms with van der Waals surface area (Å²) >= 11 is 0. The van der Waals surface area contributed by atoms with Crippen molar-refractivity contribution in [1.29, 1.82) is 0 Å². The third-order valence-corrected chi connectivity index (χ3v) is 2.04. The van der Waals surface area contributed by atoms with Gasteiger partial charge in [-0.25, -0.2) is 0 Å². The van der Waals surface area contributed by atoms with Crippen molar-refractivity contribution in [3.05, 3.63) is 0 Å². The van der Waals surface area contributed by atoms with Crippen molar-refractivity contribution in [2.24, 2.45) is 5.92 Å². The van der Waals surface area contributed by atoms with Crippen molar-refractivity contribution in [2.75, 3.05) is 6.54 Å². The number of rotatable bonds is 2. The third-order valence-electron chi connectivity index (χ3n) is 2.04. The van der Waals surface area contributed by atoms with Gasteiger partial charge in [0.15, 0.2) is 0 Å². The summed E-state index contributed by atoms with van der Waals surface area (Å²) in [5, 5.41) is 20.0. The van der Waals surface area contributed by atoms with Crippen LogP contribution in [0.15, 0.2) is 0 Å². The molecule has 0 aliphatic carbocycles. The Balaban J connectivity index is 0.00000144. The fourth-order valence-electron chi connectivity index (χ4n) is 1.41. The number of halogens is 1. The largest absolute Gasteiger partial charge is 0.481 e. The summed E-state index contributed by atoms with van der Waals surface area (Å²) in [6, 6.07) is -0.920. The maximum Gasteiger partial charge on any atom is 0.321 e. The van der Waals surface area contributed by atoms with Crippen LogP contribution in [0.3, 0.4) is 0 Å². The molecular formula is C7H12ClNO4. The summed E-state index contributed by atoms with van der Waals surface area (Å²) in [5.41, 5.74) is 0. The van der Waals surface area contributed by atoms with Gasteiger partial charge < -0.3 is 15.5 Å². The Bertz CT molecular complexity index is 187. The molecule has 3 N–H and O–H groups in total. The highest BCUT2D eigenvalue weighted by atomic mass is 35.5. The van der Waals surface area contributed by atoms with E-state index in [0.717, 1.165) is 6.42 Å². The molecule has 5 nitrogen and oxygen atoms in total. The van der Waals surface area contributed by atoms with Gasteiger partial charge in [0.1, 0.15) is 6.04 Å². The topological polar surface area (TPSA) is 86.6 Å². The van der Waals surface area contributed by atoms with E-state index in [4.69, 9.17) is 10.2 Å². The molecule has 0 aromatic rings. The molecule has 0 radical (unpaired) electrons. The first-order valence-electron chi connectivity index (χ1n) is 3.82. The molecule has 1 saturated heterocycles. The molecule has 1 rings (SSSR count). The molecule has 1 fully saturated rings. The van der Waals surface area contributed by atoms with Crippen molar-refractivity contribution in [3.63, 3.8) is 0 Å². The van der Waals surface area contributed by atoms with Crippen molar-refractivity contribution in [2.45, 2.75) is 18.9 Å². The smallest absolute Gasteiger partial charge is 0.321 e. The minimum atomic E-state index is -1.08. The van der Waals surface area contributed by atoms with Crippen molar-refractivity contribution < 1.29 is 19.8 Å². The van der Waals surface area contributed by atoms with E-state index >= 15 is 0 Å². The number of carboxylic acids is 2. The zero-order valence-electron chi connectivity index (χ0n) is 6.90. The van der Waals surface area contributed by atoms with Gasteiger partial charge >= 0.3 is 11.9 Å². The first-order valence-corrected chi connectivity index (χ1v) is 3.82. The second-order valence-electron chi connectivity index (χ2n) is 2.86. The maximum atomic E-state index is 10.6. The Labute approximate surface area is 81.5 Å². The molecule has 0 amide bonds. The van der Waals surface area contributed by atoms with E-state index in [-0.39, 0.29) is 12.4 Å². The average Bonchev–Trinajstić information content (AvgIpc) is 2.04. The summed E-state index contributed by atoms with van der Waals surface area (Å²) in [4.78, 5) is 21.1. The van der Waals surface area contributed by atoms with Crippen LogP contribution in [-0.2, 0) is 9.59 Å². The Morgan fingerprint density at radius 3 is 2.23 bits per heavy atom. The van der Waals surface area contributed by atoms with Gasteiger partial charge in [0.05, 0.1) is 5.92 Å². The highest BCUT2D eigenvalue weighted by Crippen LogP contribution is 2.16. The van der Waals surface area contributed by atoms with Crippen LogP contribution in [0.2, 0.25) is 0 Å². The molecule has 2 atom stereocenters. The molecule has 2 unspecified atom stereocenters. The summed E-state index contributed by atoms with van der Waals surface area (Å²) in [6.45, 7) is 0.584. The van der Waals surface area contributed by atoms with E-state index in [1.807, 2.05) is 0 Å². The Kier molecular flexibility index (Phi) is 4.72. The molecule has 1 aliphatic heterocycles. The number of piperidine rings is 1. The molecule has 1 heterocycles. The van der Waals surface area contributed by atoms with Crippen LogP contribution in [-0.4, -0.2) is 34.7 Å². The highest BCUT2D eigenvalue weighted by Gasteiger charge is 2.35. The van der Waals surface area contributed by atoms with Crippen molar-refractivity contribution in [3.8, 4) is 0 Å². The van der Waals surface area contributed by atoms with Gasteiger partial charge in [-0.2, -0.15) is 0 Å². The van der Waals surface area contributed by atoms with E-state index in [9.17, 15) is 9.59 Å². The number of hydrogen-bond acceptors (Lipinski definition) is 3. The maximum absolute atomic E-state index is 10.6. The van der Waals surface area contributed by atoms with Crippen LogP contribution in [0, 0.1) is 5.92 Å². The van der Waals surface area contributed by atoms with E-state index in [1.54, 1.807) is 0 Å². The Hall–Kier alpha value is -0.810. The van der Waals surface area contributed by atoms with Gasteiger partial charge in [-0.3, -0.25) is 9.59 Å². The summed E-state index contributed by atoms with van der Waals surface area (Å²) < 4.78 is 0. The molecule has 1 aliphatic rings. The summed E-state index contributed by atoms with van der Waals surface area (Å²) in [6.07, 6.45) is 1.17. The second kappa shape index (κ2) is 5.04. The van der Waals surface area contributed by atoms with Crippen LogP contribution in [0.25, 0.3) is 0 Å². The van der Waals surface area contributed by atoms with Gasteiger partial charge in [-0.05, 0) is 19.4 Å². The second-order valence-corrected chi connectivity index (χ2v) is 2.86. The van der Waals surface area contributed by atoms with E-state index in [0.29, 0.717) is 13.0 Å². The van der Waals surface area contributed by atoms with Gasteiger partial charge in [0.2, 0.25) is 0 Å². The highest BCUT2D eigenvalue weighted by molar-refractivity contribution is 5.85. The predicted molar refractivity (Wildman–Crippen MR) is 47.0 cm³/mol. The third kappa shape index (κ3) is 2.86. The van der Waals surface area contributed by atoms with E-state index in [1.165, 1.54) is 0 Å². The molecule has 0 bridgehead atoms. The SMILES string of the molecule is Cl.O=C(O)C1CCCNC1C(=O)O. The van der Waals surface area contributed by atoms with Crippen LogP contribution in [0.4, 0.5) is 0 Å². The first kappa shape index (κ1) is 12.2. The lowest BCUT2D eigenvalue weighted by molar-refractivity contribution is -0.152. The monoisotopic (exact) mass is 209 g/mol. The Morgan fingerprint density at radius 1 is 1.23 bits per heavy atom. The molecule has 76 valence electrons. The molecule has 6 heteroatoms. The van der Waals surface area contributed by atoms with Gasteiger partial charge in [-0.15, -0.1) is 12.4 Å². The molecule has 0 aromatic heterocycles. The quantitative estimate of drug-likeness (QED) is 0.594. The van der Waals surface area contributed by atoms with Crippen LogP contribution in [0.1, 0.15) is 12.8 Å². The summed E-state index contributed by atoms with van der Waals surface area (Å²) in [5.74, 6) is -2.90. The number of aliphatic carboxylic acids is 2. The Morgan fingerprint density at radius 2 is 1.85 bits per heavy atom. The lowest BCUT2D eigenvalue weighted by Gasteiger charge is -2.26. The minimum Gasteiger partial charge on any atom is -0.481 e. The molecular weight excluding hydrogens is 198 g/mol. The zero-order valence-corrected chi connectivity index (χ0v) is 7.71. The minimum absolute atomic E-state index is 0. The van der Waals surface area contributed by atoms with E-state index in [2.05, 4.69) is 5.32 Å². The lowest BCUT2D eigenvalue weighted by Crippen LogP contribution is -2.49.